The first-order valence-electron chi connectivity index (χ1n) is 11.0. The smallest absolute Gasteiger partial charge is 0.137 e. The van der Waals surface area contributed by atoms with Crippen LogP contribution in [0.1, 0.15) is 30.0 Å². The summed E-state index contributed by atoms with van der Waals surface area (Å²) < 4.78 is 0. The van der Waals surface area contributed by atoms with Crippen molar-refractivity contribution in [2.45, 2.75) is 13.3 Å². The number of fused-ring (bicyclic) bond motifs is 2. The van der Waals surface area contributed by atoms with Gasteiger partial charge in [0.25, 0.3) is 0 Å². The van der Waals surface area contributed by atoms with Crippen LogP contribution in [0.5, 0.6) is 0 Å². The summed E-state index contributed by atoms with van der Waals surface area (Å²) >= 11 is 0. The Labute approximate surface area is 197 Å². The van der Waals surface area contributed by atoms with Crippen LogP contribution < -0.4 is 15.8 Å². The predicted molar refractivity (Wildman–Crippen MR) is 134 cm³/mol. The molecule has 2 N–H and O–H groups in total. The van der Waals surface area contributed by atoms with Gasteiger partial charge < -0.3 is 10.7 Å². The van der Waals surface area contributed by atoms with E-state index in [2.05, 4.69) is 50.9 Å². The first kappa shape index (κ1) is 21.2. The number of rotatable bonds is 5. The molecule has 0 saturated heterocycles. The Kier molecular flexibility index (Phi) is 5.65. The standard InChI is InChI=1S/C27H22N6O/c1-18-9-11-33(32-15-18)22-5-6-23-21(13-22)4-3-20(25(23)16-34)8-10-29-27-24-12-19(14-28)2-7-26(24)30-17-31-27/h2-7,9,11-13,15,17,20,32H,8,10H2,1H3,(H,29,30,31). The topological polar surface area (TPSA) is 93.9 Å². The minimum Gasteiger partial charge on any atom is -0.369 e. The molecule has 2 heterocycles. The quantitative estimate of drug-likeness (QED) is 0.553. The Bertz CT molecular complexity index is 1460. The summed E-state index contributed by atoms with van der Waals surface area (Å²) in [5.41, 5.74) is 9.26. The van der Waals surface area contributed by atoms with E-state index in [9.17, 15) is 10.1 Å². The van der Waals surface area contributed by atoms with Gasteiger partial charge in [-0.15, -0.1) is 0 Å². The van der Waals surface area contributed by atoms with Gasteiger partial charge in [-0.2, -0.15) is 5.26 Å². The van der Waals surface area contributed by atoms with Gasteiger partial charge in [-0.3, -0.25) is 5.01 Å². The summed E-state index contributed by atoms with van der Waals surface area (Å²) in [4.78, 5) is 20.5. The van der Waals surface area contributed by atoms with Gasteiger partial charge in [0.1, 0.15) is 18.1 Å². The minimum absolute atomic E-state index is 0.0512. The van der Waals surface area contributed by atoms with E-state index in [1.54, 1.807) is 12.1 Å². The second-order valence-corrected chi connectivity index (χ2v) is 8.24. The van der Waals surface area contributed by atoms with E-state index in [4.69, 9.17) is 0 Å². The van der Waals surface area contributed by atoms with E-state index in [0.29, 0.717) is 29.9 Å². The molecule has 1 aromatic heterocycles. The van der Waals surface area contributed by atoms with Gasteiger partial charge in [-0.25, -0.2) is 14.8 Å². The van der Waals surface area contributed by atoms with E-state index < -0.39 is 0 Å². The Morgan fingerprint density at radius 1 is 1.18 bits per heavy atom. The number of nitrogens with zero attached hydrogens (tertiary/aromatic N) is 4. The summed E-state index contributed by atoms with van der Waals surface area (Å²) in [7, 11) is 0. The number of nitriles is 1. The van der Waals surface area contributed by atoms with Crippen molar-refractivity contribution in [2.75, 3.05) is 16.9 Å². The van der Waals surface area contributed by atoms with Gasteiger partial charge in [0, 0.05) is 30.2 Å². The highest BCUT2D eigenvalue weighted by Crippen LogP contribution is 2.35. The lowest BCUT2D eigenvalue weighted by atomic mass is 9.83. The fourth-order valence-electron chi connectivity index (χ4n) is 4.20. The van der Waals surface area contributed by atoms with Crippen LogP contribution >= 0.6 is 0 Å². The highest BCUT2D eigenvalue weighted by Gasteiger charge is 2.22. The maximum atomic E-state index is 11.9. The normalized spacial score (nSPS) is 16.4. The first-order valence-corrected chi connectivity index (χ1v) is 11.0. The van der Waals surface area contributed by atoms with Crippen LogP contribution in [0.4, 0.5) is 11.5 Å². The molecule has 0 saturated carbocycles. The number of hydrogen-bond acceptors (Lipinski definition) is 7. The van der Waals surface area contributed by atoms with Crippen molar-refractivity contribution in [1.82, 2.24) is 15.4 Å². The van der Waals surface area contributed by atoms with Crippen LogP contribution in [-0.4, -0.2) is 22.5 Å². The lowest BCUT2D eigenvalue weighted by molar-refractivity contribution is 0.567. The number of anilines is 2. The monoisotopic (exact) mass is 446 g/mol. The fourth-order valence-corrected chi connectivity index (χ4v) is 4.20. The summed E-state index contributed by atoms with van der Waals surface area (Å²) in [5.74, 6) is 2.81. The Morgan fingerprint density at radius 3 is 2.88 bits per heavy atom. The molecule has 166 valence electrons. The summed E-state index contributed by atoms with van der Waals surface area (Å²) in [5, 5.41) is 15.3. The third kappa shape index (κ3) is 4.06. The van der Waals surface area contributed by atoms with Gasteiger partial charge in [-0.1, -0.05) is 18.2 Å². The van der Waals surface area contributed by atoms with E-state index in [1.165, 1.54) is 6.33 Å². The zero-order valence-corrected chi connectivity index (χ0v) is 18.6. The van der Waals surface area contributed by atoms with E-state index in [-0.39, 0.29) is 5.92 Å². The van der Waals surface area contributed by atoms with Gasteiger partial charge in [0.15, 0.2) is 0 Å². The van der Waals surface area contributed by atoms with Crippen molar-refractivity contribution in [2.24, 2.45) is 5.92 Å². The number of hydrazine groups is 1. The molecule has 3 aromatic rings. The molecule has 1 atom stereocenters. The Hall–Kier alpha value is -4.66. The maximum absolute atomic E-state index is 11.9. The molecule has 0 radical (unpaired) electrons. The van der Waals surface area contributed by atoms with Crippen molar-refractivity contribution in [3.8, 4) is 6.07 Å². The lowest BCUT2D eigenvalue weighted by Crippen LogP contribution is -2.31. The molecule has 1 aliphatic heterocycles. The van der Waals surface area contributed by atoms with Crippen molar-refractivity contribution in [3.05, 3.63) is 89.5 Å². The number of aromatic nitrogens is 2. The summed E-state index contributed by atoms with van der Waals surface area (Å²) in [6.45, 7) is 2.63. The summed E-state index contributed by atoms with van der Waals surface area (Å²) in [6, 6.07) is 13.5. The van der Waals surface area contributed by atoms with E-state index in [1.807, 2.05) is 48.6 Å². The molecular formula is C27H22N6O. The molecular weight excluding hydrogens is 424 g/mol. The van der Waals surface area contributed by atoms with Gasteiger partial charge in [0.2, 0.25) is 0 Å². The molecule has 0 bridgehead atoms. The average Bonchev–Trinajstić information content (AvgIpc) is 2.88. The Balaban J connectivity index is 1.31. The number of nitrogens with one attached hydrogen (secondary N) is 2. The second-order valence-electron chi connectivity index (χ2n) is 8.24. The first-order chi connectivity index (χ1) is 16.7. The minimum atomic E-state index is -0.0512. The van der Waals surface area contributed by atoms with Crippen LogP contribution in [0.25, 0.3) is 22.6 Å². The zero-order chi connectivity index (χ0) is 23.5. The zero-order valence-electron chi connectivity index (χ0n) is 18.6. The SMILES string of the molecule is CC1=CNN(c2ccc3c(c2)C=CC(CCNc2ncnc4ccc(C#N)cc24)C3=C=O)C=C1. The average molecular weight is 447 g/mol. The van der Waals surface area contributed by atoms with Gasteiger partial charge in [0.05, 0.1) is 28.4 Å². The Morgan fingerprint density at radius 2 is 2.09 bits per heavy atom. The molecule has 5 rings (SSSR count). The molecule has 1 unspecified atom stereocenters. The number of hydrogen-bond donors (Lipinski definition) is 2. The van der Waals surface area contributed by atoms with Crippen LogP contribution in [0.2, 0.25) is 0 Å². The largest absolute Gasteiger partial charge is 0.369 e. The molecule has 0 amide bonds. The van der Waals surface area contributed by atoms with E-state index >= 15 is 0 Å². The van der Waals surface area contributed by atoms with Crippen LogP contribution in [0, 0.1) is 17.2 Å². The second kappa shape index (κ2) is 9.07. The van der Waals surface area contributed by atoms with Crippen LogP contribution in [0.15, 0.2) is 72.9 Å². The lowest BCUT2D eigenvalue weighted by Gasteiger charge is -2.26. The molecule has 7 nitrogen and oxygen atoms in total. The molecule has 2 aliphatic rings. The number of allylic oxidation sites excluding steroid dienone is 4. The molecule has 7 heteroatoms. The van der Waals surface area contributed by atoms with Crippen molar-refractivity contribution < 1.29 is 4.79 Å². The number of benzene rings is 2. The molecule has 34 heavy (non-hydrogen) atoms. The van der Waals surface area contributed by atoms with Gasteiger partial charge >= 0.3 is 0 Å². The third-order valence-corrected chi connectivity index (χ3v) is 6.02. The molecule has 0 fully saturated rings. The maximum Gasteiger partial charge on any atom is 0.137 e. The number of carbonyl (C=O) groups excluding carboxylic acids is 1. The van der Waals surface area contributed by atoms with Crippen LogP contribution in [-0.2, 0) is 4.79 Å². The summed E-state index contributed by atoms with van der Waals surface area (Å²) in [6.07, 6.45) is 12.3. The third-order valence-electron chi connectivity index (χ3n) is 6.02. The highest BCUT2D eigenvalue weighted by atomic mass is 16.1. The van der Waals surface area contributed by atoms with Crippen molar-refractivity contribution in [1.29, 1.82) is 5.26 Å². The van der Waals surface area contributed by atoms with Crippen molar-refractivity contribution in [3.63, 3.8) is 0 Å². The molecule has 1 aliphatic carbocycles. The molecule has 0 spiro atoms. The predicted octanol–water partition coefficient (Wildman–Crippen LogP) is 4.60. The van der Waals surface area contributed by atoms with Crippen molar-refractivity contribution >= 4 is 40.0 Å². The van der Waals surface area contributed by atoms with Gasteiger partial charge in [-0.05, 0) is 66.5 Å². The van der Waals surface area contributed by atoms with Crippen LogP contribution in [0.3, 0.4) is 0 Å². The van der Waals surface area contributed by atoms with E-state index in [0.717, 1.165) is 33.3 Å². The fraction of sp³-hybridized carbons (Fsp3) is 0.148. The highest BCUT2D eigenvalue weighted by molar-refractivity contribution is 5.95. The molecule has 2 aromatic carbocycles.